The zero-order valence-electron chi connectivity index (χ0n) is 20.6. The Morgan fingerprint density at radius 1 is 1.34 bits per heavy atom. The number of halogens is 1. The second-order valence-electron chi connectivity index (χ2n) is 9.33. The molecular weight excluding hydrogens is 519 g/mol. The zero-order chi connectivity index (χ0) is 23.0. The van der Waals surface area contributed by atoms with E-state index >= 15 is 0 Å². The maximum atomic E-state index is 12.2. The van der Waals surface area contributed by atoms with Gasteiger partial charge in [-0.1, -0.05) is 6.07 Å². The van der Waals surface area contributed by atoms with Crippen LogP contribution in [0.3, 0.4) is 0 Å². The number of pyridine rings is 1. The molecule has 1 aromatic rings. The van der Waals surface area contributed by atoms with E-state index in [0.29, 0.717) is 6.04 Å². The number of carbonyl (C=O) groups excluding carboxylic acids is 1. The zero-order valence-corrected chi connectivity index (χ0v) is 23.0. The number of carbonyl (C=O) groups is 1. The van der Waals surface area contributed by atoms with Crippen molar-refractivity contribution < 1.29 is 9.53 Å². The quantitative estimate of drug-likeness (QED) is 0.313. The van der Waals surface area contributed by atoms with Gasteiger partial charge in [0.15, 0.2) is 5.96 Å². The normalized spacial score (nSPS) is 16.1. The largest absolute Gasteiger partial charge is 0.444 e. The van der Waals surface area contributed by atoms with Crippen LogP contribution in [0.2, 0.25) is 0 Å². The first-order valence-electron chi connectivity index (χ1n) is 11.2. The van der Waals surface area contributed by atoms with Crippen molar-refractivity contribution in [3.05, 3.63) is 23.9 Å². The van der Waals surface area contributed by atoms with Gasteiger partial charge in [0.05, 0.1) is 0 Å². The third-order valence-corrected chi connectivity index (χ3v) is 5.48. The average molecular weight is 561 g/mol. The van der Waals surface area contributed by atoms with Crippen LogP contribution in [0.25, 0.3) is 0 Å². The van der Waals surface area contributed by atoms with Gasteiger partial charge in [0.25, 0.3) is 0 Å². The highest BCUT2D eigenvalue weighted by molar-refractivity contribution is 14.0. The molecule has 1 fully saturated rings. The molecule has 32 heavy (non-hydrogen) atoms. The highest BCUT2D eigenvalue weighted by Crippen LogP contribution is 2.18. The lowest BCUT2D eigenvalue weighted by Gasteiger charge is -2.34. The number of aromatic nitrogens is 1. The third-order valence-electron chi connectivity index (χ3n) is 5.48. The van der Waals surface area contributed by atoms with Crippen molar-refractivity contribution >= 4 is 41.8 Å². The molecule has 1 saturated heterocycles. The summed E-state index contributed by atoms with van der Waals surface area (Å²) in [6, 6.07) is 4.65. The Kier molecular flexibility index (Phi) is 11.5. The third kappa shape index (κ3) is 9.38. The van der Waals surface area contributed by atoms with E-state index in [-0.39, 0.29) is 36.1 Å². The monoisotopic (exact) mass is 560 g/mol. The van der Waals surface area contributed by atoms with E-state index in [0.717, 1.165) is 50.7 Å². The summed E-state index contributed by atoms with van der Waals surface area (Å²) < 4.78 is 5.44. The van der Waals surface area contributed by atoms with Gasteiger partial charge in [0.2, 0.25) is 0 Å². The van der Waals surface area contributed by atoms with Crippen LogP contribution in [0.5, 0.6) is 0 Å². The number of ether oxygens (including phenoxy) is 1. The molecule has 2 heterocycles. The summed E-state index contributed by atoms with van der Waals surface area (Å²) in [4.78, 5) is 25.1. The van der Waals surface area contributed by atoms with E-state index in [1.165, 1.54) is 5.56 Å². The number of amides is 1. The molecule has 1 aliphatic rings. The van der Waals surface area contributed by atoms with Gasteiger partial charge in [-0.15, -0.1) is 24.0 Å². The lowest BCUT2D eigenvalue weighted by molar-refractivity contribution is 0.0230. The summed E-state index contributed by atoms with van der Waals surface area (Å²) in [6.45, 7) is 12.4. The van der Waals surface area contributed by atoms with Gasteiger partial charge in [-0.25, -0.2) is 9.78 Å². The number of hydrogen-bond acceptors (Lipinski definition) is 5. The molecule has 0 bridgehead atoms. The highest BCUT2D eigenvalue weighted by Gasteiger charge is 2.23. The van der Waals surface area contributed by atoms with Gasteiger partial charge in [0.1, 0.15) is 11.4 Å². The number of aryl methyl sites for hydroxylation is 1. The van der Waals surface area contributed by atoms with Crippen molar-refractivity contribution in [1.29, 1.82) is 0 Å². The lowest BCUT2D eigenvalue weighted by atomic mass is 10.1. The van der Waals surface area contributed by atoms with Gasteiger partial charge in [-0.3, -0.25) is 4.99 Å². The van der Waals surface area contributed by atoms with Crippen LogP contribution in [-0.4, -0.2) is 73.4 Å². The molecule has 0 aliphatic carbocycles. The van der Waals surface area contributed by atoms with Crippen LogP contribution in [0, 0.1) is 6.92 Å². The van der Waals surface area contributed by atoms with Crippen LogP contribution in [0.4, 0.5) is 10.6 Å². The second-order valence-corrected chi connectivity index (χ2v) is 9.33. The standard InChI is InChI=1S/C23H40N6O2.HI/c1-17-8-9-20(26-16-17)29-14-11-19(12-15-29)27-21(24-6)25-13-10-18(2)28(7)22(30)31-23(3,4)5;/h8-9,16,18-19H,10-15H2,1-7H3,(H2,24,25,27);1H. The Morgan fingerprint density at radius 3 is 2.53 bits per heavy atom. The molecule has 9 heteroatoms. The van der Waals surface area contributed by atoms with Crippen LogP contribution < -0.4 is 15.5 Å². The fourth-order valence-electron chi connectivity index (χ4n) is 3.39. The summed E-state index contributed by atoms with van der Waals surface area (Å²) in [5.41, 5.74) is 0.696. The minimum atomic E-state index is -0.486. The first-order valence-corrected chi connectivity index (χ1v) is 11.2. The molecule has 0 spiro atoms. The Hall–Kier alpha value is -1.78. The molecule has 8 nitrogen and oxygen atoms in total. The SMILES string of the molecule is CN=C(NCCC(C)N(C)C(=O)OC(C)(C)C)NC1CCN(c2ccc(C)cn2)CC1.I. The van der Waals surface area contributed by atoms with Crippen LogP contribution >= 0.6 is 24.0 Å². The fourth-order valence-corrected chi connectivity index (χ4v) is 3.39. The number of guanidine groups is 1. The number of aliphatic imine (C=N–C) groups is 1. The Bertz CT molecular complexity index is 727. The topological polar surface area (TPSA) is 82.1 Å². The van der Waals surface area contributed by atoms with E-state index in [2.05, 4.69) is 44.6 Å². The predicted octanol–water partition coefficient (Wildman–Crippen LogP) is 3.79. The van der Waals surface area contributed by atoms with Crippen molar-refractivity contribution in [3.63, 3.8) is 0 Å². The first-order chi connectivity index (χ1) is 14.6. The molecular formula is C23H41IN6O2. The van der Waals surface area contributed by atoms with Crippen LogP contribution in [0.1, 0.15) is 52.5 Å². The van der Waals surface area contributed by atoms with Crippen LogP contribution in [0.15, 0.2) is 23.3 Å². The summed E-state index contributed by atoms with van der Waals surface area (Å²) >= 11 is 0. The molecule has 182 valence electrons. The summed E-state index contributed by atoms with van der Waals surface area (Å²) in [5, 5.41) is 6.90. The van der Waals surface area contributed by atoms with Crippen molar-refractivity contribution in [3.8, 4) is 0 Å². The minimum absolute atomic E-state index is 0. The van der Waals surface area contributed by atoms with Crippen molar-refractivity contribution in [2.24, 2.45) is 4.99 Å². The Balaban J connectivity index is 0.00000512. The number of nitrogens with one attached hydrogen (secondary N) is 2. The van der Waals surface area contributed by atoms with Gasteiger partial charge < -0.3 is 25.2 Å². The molecule has 0 saturated carbocycles. The molecule has 1 unspecified atom stereocenters. The number of hydrogen-bond donors (Lipinski definition) is 2. The Morgan fingerprint density at radius 2 is 2.00 bits per heavy atom. The number of rotatable bonds is 6. The molecule has 1 aliphatic heterocycles. The molecule has 0 aromatic carbocycles. The maximum Gasteiger partial charge on any atom is 0.410 e. The lowest BCUT2D eigenvalue weighted by Crippen LogP contribution is -2.49. The number of nitrogens with zero attached hydrogens (tertiary/aromatic N) is 4. The number of anilines is 1. The summed E-state index contributed by atoms with van der Waals surface area (Å²) in [5.74, 6) is 1.86. The Labute approximate surface area is 210 Å². The van der Waals surface area contributed by atoms with Gasteiger partial charge in [0, 0.05) is 52.0 Å². The smallest absolute Gasteiger partial charge is 0.410 e. The van der Waals surface area contributed by atoms with E-state index < -0.39 is 5.60 Å². The maximum absolute atomic E-state index is 12.2. The molecule has 2 N–H and O–H groups in total. The van der Waals surface area contributed by atoms with Crippen molar-refractivity contribution in [2.45, 2.75) is 71.6 Å². The molecule has 1 amide bonds. The predicted molar refractivity (Wildman–Crippen MR) is 142 cm³/mol. The van der Waals surface area contributed by atoms with Gasteiger partial charge in [-0.2, -0.15) is 0 Å². The van der Waals surface area contributed by atoms with E-state index in [4.69, 9.17) is 4.74 Å². The number of piperidine rings is 1. The van der Waals surface area contributed by atoms with E-state index in [9.17, 15) is 4.79 Å². The van der Waals surface area contributed by atoms with Crippen molar-refractivity contribution in [1.82, 2.24) is 20.5 Å². The molecule has 2 rings (SSSR count). The van der Waals surface area contributed by atoms with E-state index in [1.807, 2.05) is 33.9 Å². The molecule has 1 atom stereocenters. The first kappa shape index (κ1) is 28.3. The van der Waals surface area contributed by atoms with Gasteiger partial charge in [-0.05, 0) is 65.5 Å². The highest BCUT2D eigenvalue weighted by atomic mass is 127. The summed E-state index contributed by atoms with van der Waals surface area (Å²) in [7, 11) is 3.57. The second kappa shape index (κ2) is 13.1. The van der Waals surface area contributed by atoms with E-state index in [1.54, 1.807) is 19.0 Å². The fraction of sp³-hybridized carbons (Fsp3) is 0.696. The average Bonchev–Trinajstić information content (AvgIpc) is 2.72. The summed E-state index contributed by atoms with van der Waals surface area (Å²) in [6.07, 6.45) is 4.50. The van der Waals surface area contributed by atoms with Gasteiger partial charge >= 0.3 is 6.09 Å². The minimum Gasteiger partial charge on any atom is -0.444 e. The molecule has 1 aromatic heterocycles. The molecule has 0 radical (unpaired) electrons. The van der Waals surface area contributed by atoms with Crippen LogP contribution in [-0.2, 0) is 4.74 Å². The van der Waals surface area contributed by atoms with Crippen molar-refractivity contribution in [2.75, 3.05) is 38.6 Å².